The summed E-state index contributed by atoms with van der Waals surface area (Å²) in [5.74, 6) is 0. The van der Waals surface area contributed by atoms with Gasteiger partial charge in [-0.25, -0.2) is 4.79 Å². The number of nitriles is 1. The van der Waals surface area contributed by atoms with Gasteiger partial charge in [-0.15, -0.1) is 0 Å². The Balaban J connectivity index is 2.32. The van der Waals surface area contributed by atoms with Crippen LogP contribution in [0.5, 0.6) is 0 Å². The quantitative estimate of drug-likeness (QED) is 0.789. The third kappa shape index (κ3) is 3.07. The van der Waals surface area contributed by atoms with Crippen LogP contribution in [0.1, 0.15) is 43.2 Å². The lowest BCUT2D eigenvalue weighted by atomic mass is 9.95. The number of pyridine rings is 1. The Hall–Kier alpha value is -2.29. The molecule has 0 saturated carbocycles. The molecule has 0 aliphatic carbocycles. The number of carbonyl (C=O) groups excluding carboxylic acids is 1. The third-order valence-corrected chi connectivity index (χ3v) is 3.39. The van der Waals surface area contributed by atoms with E-state index in [2.05, 4.69) is 4.98 Å². The average molecular weight is 289 g/mol. The van der Waals surface area contributed by atoms with Gasteiger partial charge in [0, 0.05) is 12.2 Å². The van der Waals surface area contributed by atoms with Crippen LogP contribution in [0.15, 0.2) is 4.79 Å². The fourth-order valence-corrected chi connectivity index (χ4v) is 2.43. The maximum atomic E-state index is 12.1. The third-order valence-electron chi connectivity index (χ3n) is 3.39. The van der Waals surface area contributed by atoms with Gasteiger partial charge in [0.2, 0.25) is 0 Å². The number of H-pyrrole nitrogens is 1. The fourth-order valence-electron chi connectivity index (χ4n) is 2.43. The van der Waals surface area contributed by atoms with Gasteiger partial charge < -0.3 is 14.6 Å². The van der Waals surface area contributed by atoms with Crippen LogP contribution in [-0.2, 0) is 17.7 Å². The molecule has 21 heavy (non-hydrogen) atoms. The van der Waals surface area contributed by atoms with Gasteiger partial charge in [-0.1, -0.05) is 0 Å². The van der Waals surface area contributed by atoms with Crippen molar-refractivity contribution in [2.75, 3.05) is 6.54 Å². The highest BCUT2D eigenvalue weighted by Gasteiger charge is 2.28. The SMILES string of the molecule is Cc1[nH]c(=O)c(C#N)c2c1CN(C(=O)OC(C)(C)C)CC2. The second-order valence-electron chi connectivity index (χ2n) is 6.17. The summed E-state index contributed by atoms with van der Waals surface area (Å²) < 4.78 is 5.36. The zero-order valence-electron chi connectivity index (χ0n) is 12.7. The summed E-state index contributed by atoms with van der Waals surface area (Å²) in [6.07, 6.45) is 0.111. The minimum atomic E-state index is -0.546. The van der Waals surface area contributed by atoms with Gasteiger partial charge in [0.05, 0.1) is 6.54 Å². The first-order valence-electron chi connectivity index (χ1n) is 6.85. The number of fused-ring (bicyclic) bond motifs is 1. The molecule has 0 aromatic carbocycles. The molecule has 2 rings (SSSR count). The highest BCUT2D eigenvalue weighted by molar-refractivity contribution is 5.69. The highest BCUT2D eigenvalue weighted by Crippen LogP contribution is 2.23. The average Bonchev–Trinajstić information content (AvgIpc) is 2.36. The summed E-state index contributed by atoms with van der Waals surface area (Å²) in [5, 5.41) is 9.12. The van der Waals surface area contributed by atoms with Crippen LogP contribution in [0.25, 0.3) is 0 Å². The van der Waals surface area contributed by atoms with Crippen LogP contribution < -0.4 is 5.56 Å². The molecule has 1 aromatic heterocycles. The van der Waals surface area contributed by atoms with E-state index in [9.17, 15) is 9.59 Å². The molecule has 0 bridgehead atoms. The van der Waals surface area contributed by atoms with Crippen molar-refractivity contribution < 1.29 is 9.53 Å². The number of nitrogens with zero attached hydrogens (tertiary/aromatic N) is 2. The van der Waals surface area contributed by atoms with Crippen molar-refractivity contribution in [3.8, 4) is 6.07 Å². The van der Waals surface area contributed by atoms with Gasteiger partial charge >= 0.3 is 6.09 Å². The number of ether oxygens (including phenoxy) is 1. The summed E-state index contributed by atoms with van der Waals surface area (Å²) in [7, 11) is 0. The van der Waals surface area contributed by atoms with Gasteiger partial charge in [0.1, 0.15) is 17.2 Å². The van der Waals surface area contributed by atoms with Crippen LogP contribution in [0.2, 0.25) is 0 Å². The molecule has 0 atom stereocenters. The predicted molar refractivity (Wildman–Crippen MR) is 76.9 cm³/mol. The number of nitrogens with one attached hydrogen (secondary N) is 1. The lowest BCUT2D eigenvalue weighted by molar-refractivity contribution is 0.0223. The molecule has 1 aliphatic rings. The van der Waals surface area contributed by atoms with Crippen molar-refractivity contribution in [2.45, 2.75) is 46.3 Å². The monoisotopic (exact) mass is 289 g/mol. The first-order valence-corrected chi connectivity index (χ1v) is 6.85. The number of hydrogen-bond acceptors (Lipinski definition) is 4. The van der Waals surface area contributed by atoms with E-state index < -0.39 is 5.60 Å². The number of aryl methyl sites for hydroxylation is 1. The minimum Gasteiger partial charge on any atom is -0.444 e. The van der Waals surface area contributed by atoms with Crippen LogP contribution in [0.4, 0.5) is 4.79 Å². The van der Waals surface area contributed by atoms with Crippen molar-refractivity contribution in [1.82, 2.24) is 9.88 Å². The maximum absolute atomic E-state index is 12.1. The second kappa shape index (κ2) is 5.24. The number of carbonyl (C=O) groups is 1. The Morgan fingerprint density at radius 2 is 2.05 bits per heavy atom. The summed E-state index contributed by atoms with van der Waals surface area (Å²) in [4.78, 5) is 28.2. The van der Waals surface area contributed by atoms with Crippen molar-refractivity contribution in [3.63, 3.8) is 0 Å². The van der Waals surface area contributed by atoms with Crippen molar-refractivity contribution in [3.05, 3.63) is 32.7 Å². The van der Waals surface area contributed by atoms with Crippen molar-refractivity contribution in [2.24, 2.45) is 0 Å². The van der Waals surface area contributed by atoms with Crippen molar-refractivity contribution >= 4 is 6.09 Å². The molecule has 112 valence electrons. The van der Waals surface area contributed by atoms with Crippen molar-refractivity contribution in [1.29, 1.82) is 5.26 Å². The molecule has 0 spiro atoms. The smallest absolute Gasteiger partial charge is 0.410 e. The summed E-state index contributed by atoms with van der Waals surface area (Å²) >= 11 is 0. The molecule has 1 amide bonds. The lowest BCUT2D eigenvalue weighted by Gasteiger charge is -2.32. The molecule has 0 saturated heterocycles. The number of amides is 1. The fraction of sp³-hybridized carbons (Fsp3) is 0.533. The van der Waals surface area contributed by atoms with Gasteiger partial charge in [0.25, 0.3) is 5.56 Å². The molecular weight excluding hydrogens is 270 g/mol. The predicted octanol–water partition coefficient (Wildman–Crippen LogP) is 1.85. The lowest BCUT2D eigenvalue weighted by Crippen LogP contribution is -2.41. The number of aromatic amines is 1. The topological polar surface area (TPSA) is 86.2 Å². The number of aromatic nitrogens is 1. The molecule has 6 heteroatoms. The van der Waals surface area contributed by atoms with E-state index >= 15 is 0 Å². The van der Waals surface area contributed by atoms with E-state index in [-0.39, 0.29) is 17.2 Å². The van der Waals surface area contributed by atoms with Crippen LogP contribution in [-0.4, -0.2) is 28.1 Å². The van der Waals surface area contributed by atoms with E-state index in [1.54, 1.807) is 11.8 Å². The Kier molecular flexibility index (Phi) is 3.77. The normalized spacial score (nSPS) is 14.3. The van der Waals surface area contributed by atoms with E-state index in [0.29, 0.717) is 25.2 Å². The Bertz CT molecular complexity index is 677. The first-order chi connectivity index (χ1) is 9.73. The summed E-state index contributed by atoms with van der Waals surface area (Å²) in [6, 6.07) is 1.95. The zero-order valence-corrected chi connectivity index (χ0v) is 12.7. The molecule has 1 N–H and O–H groups in total. The summed E-state index contributed by atoms with van der Waals surface area (Å²) in [6.45, 7) is 8.03. The molecule has 1 aromatic rings. The van der Waals surface area contributed by atoms with Gasteiger partial charge in [-0.05, 0) is 45.2 Å². The first kappa shape index (κ1) is 15.1. The van der Waals surface area contributed by atoms with E-state index in [1.807, 2.05) is 26.8 Å². The van der Waals surface area contributed by atoms with E-state index in [1.165, 1.54) is 0 Å². The van der Waals surface area contributed by atoms with Gasteiger partial charge in [0.15, 0.2) is 0 Å². The van der Waals surface area contributed by atoms with E-state index in [4.69, 9.17) is 10.00 Å². The molecular formula is C15H19N3O3. The highest BCUT2D eigenvalue weighted by atomic mass is 16.6. The Morgan fingerprint density at radius 3 is 2.62 bits per heavy atom. The van der Waals surface area contributed by atoms with Gasteiger partial charge in [-0.2, -0.15) is 5.26 Å². The summed E-state index contributed by atoms with van der Waals surface area (Å²) in [5.41, 5.74) is 1.53. The molecule has 0 fully saturated rings. The van der Waals surface area contributed by atoms with Crippen LogP contribution >= 0.6 is 0 Å². The van der Waals surface area contributed by atoms with E-state index in [0.717, 1.165) is 11.1 Å². The molecule has 6 nitrogen and oxygen atoms in total. The largest absolute Gasteiger partial charge is 0.444 e. The standard InChI is InChI=1S/C15H19N3O3/c1-9-12-8-18(14(20)21-15(2,3)4)6-5-10(12)11(7-16)13(19)17-9/h5-6,8H2,1-4H3,(H,17,19). The number of hydrogen-bond donors (Lipinski definition) is 1. The molecule has 1 aliphatic heterocycles. The molecule has 0 unspecified atom stereocenters. The zero-order chi connectivity index (χ0) is 15.8. The Morgan fingerprint density at radius 1 is 1.38 bits per heavy atom. The number of rotatable bonds is 0. The van der Waals surface area contributed by atoms with Crippen LogP contribution in [0, 0.1) is 18.3 Å². The van der Waals surface area contributed by atoms with Crippen LogP contribution in [0.3, 0.4) is 0 Å². The minimum absolute atomic E-state index is 0.152. The maximum Gasteiger partial charge on any atom is 0.410 e. The Labute approximate surface area is 123 Å². The molecule has 0 radical (unpaired) electrons. The van der Waals surface area contributed by atoms with Gasteiger partial charge in [-0.3, -0.25) is 4.79 Å². The molecule has 2 heterocycles. The second-order valence-corrected chi connectivity index (χ2v) is 6.17.